The molecule has 0 amide bonds. The lowest BCUT2D eigenvalue weighted by Crippen LogP contribution is -1.99. The van der Waals surface area contributed by atoms with Gasteiger partial charge < -0.3 is 9.15 Å². The Balaban J connectivity index is 1.98. The maximum atomic E-state index is 5.78. The normalized spacial score (nSPS) is 26.2. The van der Waals surface area contributed by atoms with Crippen molar-refractivity contribution in [2.45, 2.75) is 32.0 Å². The van der Waals surface area contributed by atoms with E-state index in [2.05, 4.69) is 19.1 Å². The molecule has 2 atom stereocenters. The van der Waals surface area contributed by atoms with E-state index in [9.17, 15) is 0 Å². The van der Waals surface area contributed by atoms with Crippen molar-refractivity contribution in [3.8, 4) is 0 Å². The maximum Gasteiger partial charge on any atom is 0.134 e. The molecule has 1 fully saturated rings. The second kappa shape index (κ2) is 3.38. The molecule has 0 spiro atoms. The minimum Gasteiger partial charge on any atom is -0.458 e. The third-order valence-corrected chi connectivity index (χ3v) is 2.99. The van der Waals surface area contributed by atoms with E-state index in [1.54, 1.807) is 0 Å². The Morgan fingerprint density at radius 2 is 2.07 bits per heavy atom. The van der Waals surface area contributed by atoms with Gasteiger partial charge in [-0.2, -0.15) is 0 Å². The quantitative estimate of drug-likeness (QED) is 0.704. The van der Waals surface area contributed by atoms with Crippen LogP contribution in [0.4, 0.5) is 0 Å². The van der Waals surface area contributed by atoms with Crippen LogP contribution in [0.5, 0.6) is 0 Å². The number of furan rings is 1. The number of ether oxygens (including phenoxy) is 1. The highest BCUT2D eigenvalue weighted by molar-refractivity contribution is 5.77. The first-order valence-electron chi connectivity index (χ1n) is 5.47. The zero-order chi connectivity index (χ0) is 10.3. The van der Waals surface area contributed by atoms with Crippen molar-refractivity contribution >= 4 is 11.0 Å². The number of hydrogen-bond acceptors (Lipinski definition) is 2. The summed E-state index contributed by atoms with van der Waals surface area (Å²) in [7, 11) is 0. The number of rotatable bonds is 1. The van der Waals surface area contributed by atoms with E-state index in [1.807, 2.05) is 18.2 Å². The monoisotopic (exact) mass is 202 g/mol. The Bertz CT molecular complexity index is 439. The zero-order valence-corrected chi connectivity index (χ0v) is 8.77. The fraction of sp³-hybridized carbons (Fsp3) is 0.385. The van der Waals surface area contributed by atoms with Crippen molar-refractivity contribution in [3.63, 3.8) is 0 Å². The van der Waals surface area contributed by atoms with Crippen molar-refractivity contribution in [1.29, 1.82) is 0 Å². The molecule has 3 rings (SSSR count). The molecule has 78 valence electrons. The predicted octanol–water partition coefficient (Wildman–Crippen LogP) is 3.67. The van der Waals surface area contributed by atoms with E-state index < -0.39 is 0 Å². The van der Waals surface area contributed by atoms with E-state index >= 15 is 0 Å². The molecule has 2 unspecified atom stereocenters. The Kier molecular flexibility index (Phi) is 2.03. The molecule has 2 nitrogen and oxygen atoms in total. The fourth-order valence-electron chi connectivity index (χ4n) is 2.17. The molecule has 2 heterocycles. The first-order valence-corrected chi connectivity index (χ1v) is 5.47. The Hall–Kier alpha value is -1.28. The average molecular weight is 202 g/mol. The van der Waals surface area contributed by atoms with E-state index in [4.69, 9.17) is 9.15 Å². The smallest absolute Gasteiger partial charge is 0.134 e. The summed E-state index contributed by atoms with van der Waals surface area (Å²) in [6.45, 7) is 2.11. The van der Waals surface area contributed by atoms with Gasteiger partial charge in [0.1, 0.15) is 17.4 Å². The summed E-state index contributed by atoms with van der Waals surface area (Å²) in [4.78, 5) is 0. The first-order chi connectivity index (χ1) is 7.33. The van der Waals surface area contributed by atoms with Gasteiger partial charge in [0, 0.05) is 5.39 Å². The van der Waals surface area contributed by atoms with E-state index in [0.29, 0.717) is 6.10 Å². The molecule has 2 heteroatoms. The summed E-state index contributed by atoms with van der Waals surface area (Å²) >= 11 is 0. The van der Waals surface area contributed by atoms with Gasteiger partial charge >= 0.3 is 0 Å². The highest BCUT2D eigenvalue weighted by Gasteiger charge is 2.25. The van der Waals surface area contributed by atoms with E-state index in [0.717, 1.165) is 29.6 Å². The Morgan fingerprint density at radius 3 is 2.80 bits per heavy atom. The molecule has 2 aromatic rings. The molecular formula is C13H14O2. The van der Waals surface area contributed by atoms with Crippen LogP contribution in [0.25, 0.3) is 11.0 Å². The summed E-state index contributed by atoms with van der Waals surface area (Å²) in [5.74, 6) is 0.973. The summed E-state index contributed by atoms with van der Waals surface area (Å²) in [6.07, 6.45) is 2.72. The molecule has 1 aliphatic heterocycles. The van der Waals surface area contributed by atoms with Gasteiger partial charge in [-0.15, -0.1) is 0 Å². The van der Waals surface area contributed by atoms with Crippen molar-refractivity contribution in [3.05, 3.63) is 36.1 Å². The standard InChI is InChI=1S/C13H14O2/c1-9-6-7-12(14-9)13-8-10-4-2-3-5-11(10)15-13/h2-5,8-9,12H,6-7H2,1H3. The molecular weight excluding hydrogens is 188 g/mol. The van der Waals surface area contributed by atoms with Crippen LogP contribution in [0.3, 0.4) is 0 Å². The fourth-order valence-corrected chi connectivity index (χ4v) is 2.17. The average Bonchev–Trinajstić information content (AvgIpc) is 2.82. The molecule has 0 radical (unpaired) electrons. The van der Waals surface area contributed by atoms with Crippen LogP contribution in [0.2, 0.25) is 0 Å². The second-order valence-corrected chi connectivity index (χ2v) is 4.20. The van der Waals surface area contributed by atoms with Gasteiger partial charge in [0.05, 0.1) is 6.10 Å². The number of benzene rings is 1. The second-order valence-electron chi connectivity index (χ2n) is 4.20. The minimum atomic E-state index is 0.160. The number of fused-ring (bicyclic) bond motifs is 1. The number of para-hydroxylation sites is 1. The van der Waals surface area contributed by atoms with Crippen LogP contribution in [-0.4, -0.2) is 6.10 Å². The highest BCUT2D eigenvalue weighted by atomic mass is 16.5. The lowest BCUT2D eigenvalue weighted by Gasteiger charge is -2.06. The van der Waals surface area contributed by atoms with E-state index in [1.165, 1.54) is 0 Å². The summed E-state index contributed by atoms with van der Waals surface area (Å²) in [5.41, 5.74) is 0.954. The predicted molar refractivity (Wildman–Crippen MR) is 58.7 cm³/mol. The van der Waals surface area contributed by atoms with Crippen LogP contribution < -0.4 is 0 Å². The summed E-state index contributed by atoms with van der Waals surface area (Å²) in [5, 5.41) is 1.16. The van der Waals surface area contributed by atoms with Crippen LogP contribution in [0.1, 0.15) is 31.6 Å². The minimum absolute atomic E-state index is 0.160. The van der Waals surface area contributed by atoms with Gasteiger partial charge in [0.2, 0.25) is 0 Å². The van der Waals surface area contributed by atoms with Crippen molar-refractivity contribution in [2.24, 2.45) is 0 Å². The molecule has 0 saturated carbocycles. The van der Waals surface area contributed by atoms with Gasteiger partial charge in [-0.25, -0.2) is 0 Å². The molecule has 1 aromatic heterocycles. The lowest BCUT2D eigenvalue weighted by molar-refractivity contribution is 0.0434. The van der Waals surface area contributed by atoms with Gasteiger partial charge in [-0.3, -0.25) is 0 Å². The van der Waals surface area contributed by atoms with Crippen LogP contribution >= 0.6 is 0 Å². The van der Waals surface area contributed by atoms with Crippen LogP contribution in [0.15, 0.2) is 34.7 Å². The summed E-state index contributed by atoms with van der Waals surface area (Å²) in [6, 6.07) is 10.2. The molecule has 1 saturated heterocycles. The molecule has 1 aliphatic rings. The number of hydrogen-bond donors (Lipinski definition) is 0. The van der Waals surface area contributed by atoms with Gasteiger partial charge in [-0.05, 0) is 31.9 Å². The van der Waals surface area contributed by atoms with Crippen LogP contribution in [0, 0.1) is 0 Å². The molecule has 0 bridgehead atoms. The summed E-state index contributed by atoms with van der Waals surface area (Å²) < 4.78 is 11.6. The zero-order valence-electron chi connectivity index (χ0n) is 8.77. The van der Waals surface area contributed by atoms with Crippen molar-refractivity contribution in [1.82, 2.24) is 0 Å². The lowest BCUT2D eigenvalue weighted by atomic mass is 10.1. The molecule has 0 N–H and O–H groups in total. The SMILES string of the molecule is CC1CCC(c2cc3ccccc3o2)O1. The van der Waals surface area contributed by atoms with Crippen molar-refractivity contribution in [2.75, 3.05) is 0 Å². The Morgan fingerprint density at radius 1 is 1.20 bits per heavy atom. The van der Waals surface area contributed by atoms with Gasteiger partial charge in [-0.1, -0.05) is 18.2 Å². The Labute approximate surface area is 88.8 Å². The maximum absolute atomic E-state index is 5.78. The third kappa shape index (κ3) is 1.55. The first kappa shape index (κ1) is 8.98. The van der Waals surface area contributed by atoms with Crippen molar-refractivity contribution < 1.29 is 9.15 Å². The molecule has 0 aliphatic carbocycles. The molecule has 15 heavy (non-hydrogen) atoms. The third-order valence-electron chi connectivity index (χ3n) is 2.99. The van der Waals surface area contributed by atoms with Gasteiger partial charge in [0.15, 0.2) is 0 Å². The highest BCUT2D eigenvalue weighted by Crippen LogP contribution is 2.35. The molecule has 1 aromatic carbocycles. The van der Waals surface area contributed by atoms with Gasteiger partial charge in [0.25, 0.3) is 0 Å². The van der Waals surface area contributed by atoms with Crippen LogP contribution in [-0.2, 0) is 4.74 Å². The largest absolute Gasteiger partial charge is 0.458 e. The van der Waals surface area contributed by atoms with E-state index in [-0.39, 0.29) is 6.10 Å². The topological polar surface area (TPSA) is 22.4 Å².